The fraction of sp³-hybridized carbons (Fsp3) is 0.800. The molecule has 0 bridgehead atoms. The van der Waals surface area contributed by atoms with E-state index in [1.165, 1.54) is 0 Å². The van der Waals surface area contributed by atoms with E-state index >= 15 is 0 Å². The van der Waals surface area contributed by atoms with Crippen LogP contribution >= 0.6 is 0 Å². The maximum absolute atomic E-state index is 11.9. The fourth-order valence-electron chi connectivity index (χ4n) is 1.90. The van der Waals surface area contributed by atoms with Gasteiger partial charge in [0.1, 0.15) is 13.7 Å². The number of amides is 1. The number of ether oxygens (including phenoxy) is 1. The molecule has 0 aromatic rings. The molecule has 5 heteroatoms. The minimum atomic E-state index is -1.42. The smallest absolute Gasteiger partial charge is 0.410 e. The van der Waals surface area contributed by atoms with Crippen LogP contribution in [0.3, 0.4) is 0 Å². The molecule has 0 saturated carbocycles. The normalized spacial score (nSPS) is 23.9. The Balaban J connectivity index is 2.59. The molecule has 1 aliphatic heterocycles. The number of likely N-dealkylation sites (tertiary alicyclic amines) is 1. The highest BCUT2D eigenvalue weighted by molar-refractivity contribution is 6.83. The first-order valence-corrected chi connectivity index (χ1v) is 10.7. The summed E-state index contributed by atoms with van der Waals surface area (Å²) in [4.78, 5) is 13.5. The predicted molar refractivity (Wildman–Crippen MR) is 83.0 cm³/mol. The van der Waals surface area contributed by atoms with Crippen molar-refractivity contribution in [3.8, 4) is 11.5 Å². The van der Waals surface area contributed by atoms with Gasteiger partial charge in [-0.15, -0.1) is 11.5 Å². The number of carbonyl (C=O) groups excluding carboxylic acids is 1. The molecule has 0 aromatic heterocycles. The Hall–Kier alpha value is -0.993. The largest absolute Gasteiger partial charge is 0.444 e. The number of β-amino-alcohol motifs (C(OH)–C–C–N with tert-alkyl or cyclic N) is 1. The summed E-state index contributed by atoms with van der Waals surface area (Å²) in [5.41, 5.74) is 2.80. The zero-order chi connectivity index (χ0) is 15.6. The molecule has 0 aromatic carbocycles. The van der Waals surface area contributed by atoms with Gasteiger partial charge in [0.25, 0.3) is 0 Å². The third kappa shape index (κ3) is 5.97. The lowest BCUT2D eigenvalue weighted by Gasteiger charge is -2.35. The fourth-order valence-corrected chi connectivity index (χ4v) is 2.52. The van der Waals surface area contributed by atoms with E-state index in [0.29, 0.717) is 19.5 Å². The Kier molecular flexibility index (Phi) is 5.28. The first kappa shape index (κ1) is 17.1. The van der Waals surface area contributed by atoms with Crippen LogP contribution < -0.4 is 0 Å². The third-order valence-corrected chi connectivity index (χ3v) is 3.76. The highest BCUT2D eigenvalue weighted by Crippen LogP contribution is 2.20. The number of hydrogen-bond donors (Lipinski definition) is 1. The molecule has 1 fully saturated rings. The zero-order valence-electron chi connectivity index (χ0n) is 13.5. The van der Waals surface area contributed by atoms with Crippen molar-refractivity contribution in [3.05, 3.63) is 0 Å². The standard InChI is InChI=1S/C15H27NO3Si/c1-15(2,3)19-14(18)16-9-7-12(13(17)11-16)8-10-20(4,5)6/h12-13,17H,7,9,11H2,1-6H3/t12-,13+/m0/s1. The summed E-state index contributed by atoms with van der Waals surface area (Å²) in [6.45, 7) is 13.0. The molecule has 1 amide bonds. The van der Waals surface area contributed by atoms with Crippen molar-refractivity contribution in [2.24, 2.45) is 5.92 Å². The van der Waals surface area contributed by atoms with Crippen LogP contribution in [0.2, 0.25) is 19.6 Å². The first-order chi connectivity index (χ1) is 8.98. The first-order valence-electron chi connectivity index (χ1n) is 7.17. The summed E-state index contributed by atoms with van der Waals surface area (Å²) in [6.07, 6.45) is -0.231. The SMILES string of the molecule is CC(C)(C)OC(=O)N1CC[C@@H](C#C[Si](C)(C)C)[C@H](O)C1. The molecule has 0 spiro atoms. The van der Waals surface area contributed by atoms with Gasteiger partial charge in [-0.3, -0.25) is 0 Å². The Bertz CT molecular complexity index is 412. The molecule has 0 aliphatic carbocycles. The lowest BCUT2D eigenvalue weighted by atomic mass is 9.95. The van der Waals surface area contributed by atoms with Gasteiger partial charge in [0.2, 0.25) is 0 Å². The minimum Gasteiger partial charge on any atom is -0.444 e. The molecular weight excluding hydrogens is 270 g/mol. The highest BCUT2D eigenvalue weighted by Gasteiger charge is 2.31. The minimum absolute atomic E-state index is 0.0274. The van der Waals surface area contributed by atoms with Crippen molar-refractivity contribution >= 4 is 14.2 Å². The van der Waals surface area contributed by atoms with Gasteiger partial charge in [-0.1, -0.05) is 19.6 Å². The van der Waals surface area contributed by atoms with Crippen LogP contribution in [-0.4, -0.2) is 49.0 Å². The van der Waals surface area contributed by atoms with Crippen molar-refractivity contribution in [3.63, 3.8) is 0 Å². The van der Waals surface area contributed by atoms with Crippen LogP contribution in [0.4, 0.5) is 4.79 Å². The number of piperidine rings is 1. The number of nitrogens with zero attached hydrogens (tertiary/aromatic N) is 1. The van der Waals surface area contributed by atoms with Gasteiger partial charge in [-0.05, 0) is 27.2 Å². The van der Waals surface area contributed by atoms with Gasteiger partial charge < -0.3 is 14.7 Å². The van der Waals surface area contributed by atoms with E-state index in [-0.39, 0.29) is 12.0 Å². The van der Waals surface area contributed by atoms with E-state index in [1.54, 1.807) is 4.90 Å². The molecule has 0 unspecified atom stereocenters. The summed E-state index contributed by atoms with van der Waals surface area (Å²) < 4.78 is 5.32. The third-order valence-electron chi connectivity index (χ3n) is 2.87. The average Bonchev–Trinajstić information content (AvgIpc) is 2.23. The van der Waals surface area contributed by atoms with Crippen LogP contribution in [0.1, 0.15) is 27.2 Å². The molecule has 20 heavy (non-hydrogen) atoms. The van der Waals surface area contributed by atoms with E-state index in [2.05, 4.69) is 31.1 Å². The molecule has 1 heterocycles. The van der Waals surface area contributed by atoms with Crippen molar-refractivity contribution < 1.29 is 14.6 Å². The molecule has 0 radical (unpaired) electrons. The monoisotopic (exact) mass is 297 g/mol. The summed E-state index contributed by atoms with van der Waals surface area (Å²) in [7, 11) is -1.42. The van der Waals surface area contributed by atoms with Crippen LogP contribution in [0.5, 0.6) is 0 Å². The molecule has 1 rings (SSSR count). The topological polar surface area (TPSA) is 49.8 Å². The molecule has 1 aliphatic rings. The molecule has 2 atom stereocenters. The Morgan fingerprint density at radius 1 is 1.35 bits per heavy atom. The second-order valence-electron chi connectivity index (χ2n) is 7.41. The van der Waals surface area contributed by atoms with Crippen molar-refractivity contribution in [2.45, 2.75) is 58.5 Å². The van der Waals surface area contributed by atoms with Gasteiger partial charge in [-0.2, -0.15) is 0 Å². The van der Waals surface area contributed by atoms with Crippen LogP contribution in [-0.2, 0) is 4.74 Å². The number of rotatable bonds is 0. The lowest BCUT2D eigenvalue weighted by Crippen LogP contribution is -2.48. The average molecular weight is 297 g/mol. The Labute approximate surface area is 123 Å². The van der Waals surface area contributed by atoms with Crippen LogP contribution in [0.25, 0.3) is 0 Å². The molecule has 114 valence electrons. The van der Waals surface area contributed by atoms with Crippen LogP contribution in [0.15, 0.2) is 0 Å². The van der Waals surface area contributed by atoms with E-state index in [9.17, 15) is 9.90 Å². The van der Waals surface area contributed by atoms with Crippen molar-refractivity contribution in [2.75, 3.05) is 13.1 Å². The van der Waals surface area contributed by atoms with E-state index in [0.717, 1.165) is 0 Å². The van der Waals surface area contributed by atoms with Crippen molar-refractivity contribution in [1.29, 1.82) is 0 Å². The summed E-state index contributed by atoms with van der Waals surface area (Å²) in [6, 6.07) is 0. The Morgan fingerprint density at radius 3 is 2.40 bits per heavy atom. The second-order valence-corrected chi connectivity index (χ2v) is 12.2. The van der Waals surface area contributed by atoms with Crippen LogP contribution in [0, 0.1) is 17.4 Å². The van der Waals surface area contributed by atoms with Gasteiger partial charge in [0.15, 0.2) is 0 Å². The predicted octanol–water partition coefficient (Wildman–Crippen LogP) is 2.49. The maximum atomic E-state index is 11.9. The van der Waals surface area contributed by atoms with E-state index in [1.807, 2.05) is 20.8 Å². The van der Waals surface area contributed by atoms with Gasteiger partial charge >= 0.3 is 6.09 Å². The lowest BCUT2D eigenvalue weighted by molar-refractivity contribution is -0.00421. The highest BCUT2D eigenvalue weighted by atomic mass is 28.3. The van der Waals surface area contributed by atoms with Gasteiger partial charge in [-0.25, -0.2) is 4.79 Å². The molecule has 4 nitrogen and oxygen atoms in total. The molecule has 1 N–H and O–H groups in total. The maximum Gasteiger partial charge on any atom is 0.410 e. The summed E-state index contributed by atoms with van der Waals surface area (Å²) in [5.74, 6) is 3.17. The Morgan fingerprint density at radius 2 is 1.95 bits per heavy atom. The quantitative estimate of drug-likeness (QED) is 0.552. The van der Waals surface area contributed by atoms with Gasteiger partial charge in [0.05, 0.1) is 12.6 Å². The number of aliphatic hydroxyl groups is 1. The number of aliphatic hydroxyl groups excluding tert-OH is 1. The van der Waals surface area contributed by atoms with E-state index < -0.39 is 19.8 Å². The van der Waals surface area contributed by atoms with Crippen molar-refractivity contribution in [1.82, 2.24) is 4.90 Å². The summed E-state index contributed by atoms with van der Waals surface area (Å²) >= 11 is 0. The van der Waals surface area contributed by atoms with E-state index in [4.69, 9.17) is 4.74 Å². The second kappa shape index (κ2) is 6.19. The molecular formula is C15H27NO3Si. The summed E-state index contributed by atoms with van der Waals surface area (Å²) in [5, 5.41) is 10.1. The number of hydrogen-bond acceptors (Lipinski definition) is 3. The number of carbonyl (C=O) groups is 1. The zero-order valence-corrected chi connectivity index (χ0v) is 14.5. The van der Waals surface area contributed by atoms with Gasteiger partial charge in [0, 0.05) is 12.5 Å². The molecule has 1 saturated heterocycles.